The average Bonchev–Trinajstić information content (AvgIpc) is 2.84. The van der Waals surface area contributed by atoms with E-state index in [4.69, 9.17) is 0 Å². The van der Waals surface area contributed by atoms with Gasteiger partial charge in [-0.15, -0.1) is 0 Å². The van der Waals surface area contributed by atoms with Crippen molar-refractivity contribution < 1.29 is 14.4 Å². The molecule has 2 aromatic carbocycles. The number of rotatable bonds is 4. The summed E-state index contributed by atoms with van der Waals surface area (Å²) in [6, 6.07) is 16.0. The second kappa shape index (κ2) is 9.98. The first-order valence-electron chi connectivity index (χ1n) is 11.6. The van der Waals surface area contributed by atoms with Crippen LogP contribution in [0.15, 0.2) is 54.6 Å². The second-order valence-electron chi connectivity index (χ2n) is 9.00. The molecule has 0 saturated carbocycles. The predicted octanol–water partition coefficient (Wildman–Crippen LogP) is 4.05. The summed E-state index contributed by atoms with van der Waals surface area (Å²) in [5.41, 5.74) is 1.83. The number of carbonyl (C=O) groups is 3. The normalized spacial score (nSPS) is 19.5. The summed E-state index contributed by atoms with van der Waals surface area (Å²) in [6.45, 7) is 5.15. The van der Waals surface area contributed by atoms with Crippen LogP contribution in [-0.4, -0.2) is 53.7 Å². The van der Waals surface area contributed by atoms with Gasteiger partial charge in [-0.3, -0.25) is 14.4 Å². The molecule has 0 aliphatic carbocycles. The Balaban J connectivity index is 1.29. The van der Waals surface area contributed by atoms with E-state index in [-0.39, 0.29) is 23.6 Å². The number of piperidine rings is 2. The number of carbonyl (C=O) groups excluding carboxylic acids is 3. The maximum absolute atomic E-state index is 12.9. The van der Waals surface area contributed by atoms with Crippen molar-refractivity contribution in [3.8, 4) is 0 Å². The van der Waals surface area contributed by atoms with Crippen LogP contribution in [0.3, 0.4) is 0 Å². The van der Waals surface area contributed by atoms with Crippen molar-refractivity contribution >= 4 is 23.4 Å². The molecule has 6 heteroatoms. The maximum Gasteiger partial charge on any atom is 0.255 e. The lowest BCUT2D eigenvalue weighted by Gasteiger charge is -2.37. The number of likely N-dealkylation sites (tertiary alicyclic amines) is 2. The van der Waals surface area contributed by atoms with Gasteiger partial charge in [0, 0.05) is 48.9 Å². The third kappa shape index (κ3) is 5.18. The molecule has 2 aliphatic rings. The average molecular weight is 434 g/mol. The summed E-state index contributed by atoms with van der Waals surface area (Å²) >= 11 is 0. The molecule has 2 saturated heterocycles. The van der Waals surface area contributed by atoms with Gasteiger partial charge in [0.15, 0.2) is 0 Å². The summed E-state index contributed by atoms with van der Waals surface area (Å²) in [5.74, 6) is 0.667. The van der Waals surface area contributed by atoms with Gasteiger partial charge in [-0.2, -0.15) is 0 Å². The van der Waals surface area contributed by atoms with Crippen molar-refractivity contribution in [3.05, 3.63) is 65.7 Å². The first kappa shape index (κ1) is 22.1. The molecule has 2 fully saturated rings. The third-order valence-electron chi connectivity index (χ3n) is 6.53. The van der Waals surface area contributed by atoms with Crippen molar-refractivity contribution in [3.63, 3.8) is 0 Å². The molecule has 0 radical (unpaired) electrons. The van der Waals surface area contributed by atoms with Gasteiger partial charge in [0.2, 0.25) is 5.91 Å². The minimum Gasteiger partial charge on any atom is -0.342 e. The monoisotopic (exact) mass is 433 g/mol. The predicted molar refractivity (Wildman–Crippen MR) is 124 cm³/mol. The summed E-state index contributed by atoms with van der Waals surface area (Å²) in [5, 5.41) is 2.85. The number of hydrogen-bond acceptors (Lipinski definition) is 3. The van der Waals surface area contributed by atoms with Gasteiger partial charge >= 0.3 is 0 Å². The largest absolute Gasteiger partial charge is 0.342 e. The summed E-state index contributed by atoms with van der Waals surface area (Å²) in [6.07, 6.45) is 3.73. The molecule has 32 heavy (non-hydrogen) atoms. The van der Waals surface area contributed by atoms with E-state index in [0.29, 0.717) is 35.8 Å². The molecule has 168 valence electrons. The number of hydrogen-bond donors (Lipinski definition) is 1. The van der Waals surface area contributed by atoms with Crippen LogP contribution >= 0.6 is 0 Å². The molecule has 1 unspecified atom stereocenters. The van der Waals surface area contributed by atoms with E-state index >= 15 is 0 Å². The molecule has 2 aliphatic heterocycles. The molecular formula is C26H31N3O3. The fourth-order valence-electron chi connectivity index (χ4n) is 4.65. The summed E-state index contributed by atoms with van der Waals surface area (Å²) < 4.78 is 0. The number of benzene rings is 2. The van der Waals surface area contributed by atoms with E-state index in [9.17, 15) is 14.4 Å². The minimum absolute atomic E-state index is 0.0246. The van der Waals surface area contributed by atoms with E-state index in [1.807, 2.05) is 28.0 Å². The fourth-order valence-corrected chi connectivity index (χ4v) is 4.65. The van der Waals surface area contributed by atoms with Crippen LogP contribution in [0.2, 0.25) is 0 Å². The molecule has 0 bridgehead atoms. The molecule has 0 aromatic heterocycles. The zero-order chi connectivity index (χ0) is 22.5. The molecule has 2 aromatic rings. The maximum atomic E-state index is 12.9. The Labute approximate surface area is 189 Å². The first-order chi connectivity index (χ1) is 15.5. The lowest BCUT2D eigenvalue weighted by Crippen LogP contribution is -2.47. The molecule has 4 rings (SSSR count). The molecule has 2 heterocycles. The Morgan fingerprint density at radius 2 is 1.50 bits per heavy atom. The van der Waals surface area contributed by atoms with Gasteiger partial charge in [0.25, 0.3) is 11.8 Å². The Morgan fingerprint density at radius 3 is 2.16 bits per heavy atom. The van der Waals surface area contributed by atoms with Crippen LogP contribution in [0.5, 0.6) is 0 Å². The minimum atomic E-state index is -0.181. The Bertz CT molecular complexity index is 950. The fraction of sp³-hybridized carbons (Fsp3) is 0.423. The van der Waals surface area contributed by atoms with Crippen LogP contribution in [0.1, 0.15) is 53.3 Å². The van der Waals surface area contributed by atoms with Crippen molar-refractivity contribution in [2.45, 2.75) is 32.6 Å². The van der Waals surface area contributed by atoms with E-state index < -0.39 is 0 Å². The lowest BCUT2D eigenvalue weighted by atomic mass is 9.92. The van der Waals surface area contributed by atoms with E-state index in [0.717, 1.165) is 32.4 Å². The van der Waals surface area contributed by atoms with Crippen molar-refractivity contribution in [2.75, 3.05) is 31.5 Å². The van der Waals surface area contributed by atoms with E-state index in [2.05, 4.69) is 12.2 Å². The van der Waals surface area contributed by atoms with Gasteiger partial charge in [-0.1, -0.05) is 25.1 Å². The Kier molecular flexibility index (Phi) is 6.88. The summed E-state index contributed by atoms with van der Waals surface area (Å²) in [4.78, 5) is 41.9. The molecule has 1 N–H and O–H groups in total. The van der Waals surface area contributed by atoms with Crippen LogP contribution in [0.25, 0.3) is 0 Å². The highest BCUT2D eigenvalue weighted by Crippen LogP contribution is 2.24. The first-order valence-corrected chi connectivity index (χ1v) is 11.6. The van der Waals surface area contributed by atoms with Crippen LogP contribution in [0, 0.1) is 11.8 Å². The van der Waals surface area contributed by atoms with Crippen molar-refractivity contribution in [1.29, 1.82) is 0 Å². The van der Waals surface area contributed by atoms with E-state index in [1.165, 1.54) is 6.42 Å². The third-order valence-corrected chi connectivity index (χ3v) is 6.53. The molecule has 1 atom stereocenters. The number of amides is 3. The van der Waals surface area contributed by atoms with Gasteiger partial charge < -0.3 is 15.1 Å². The summed E-state index contributed by atoms with van der Waals surface area (Å²) in [7, 11) is 0. The van der Waals surface area contributed by atoms with E-state index in [1.54, 1.807) is 36.4 Å². The smallest absolute Gasteiger partial charge is 0.255 e. The molecule has 6 nitrogen and oxygen atoms in total. The van der Waals surface area contributed by atoms with Crippen molar-refractivity contribution in [1.82, 2.24) is 9.80 Å². The Morgan fingerprint density at radius 1 is 0.812 bits per heavy atom. The quantitative estimate of drug-likeness (QED) is 0.791. The van der Waals surface area contributed by atoms with Gasteiger partial charge in [0.05, 0.1) is 0 Å². The lowest BCUT2D eigenvalue weighted by molar-refractivity contribution is -0.138. The zero-order valence-electron chi connectivity index (χ0n) is 18.6. The standard InChI is InChI=1S/C26H31N3O3/c1-19-6-5-15-29(18-19)26(32)22-13-16-28(17-14-22)25(31)21-9-11-23(12-10-21)27-24(30)20-7-3-2-4-8-20/h2-4,7-12,19,22H,5-6,13-18H2,1H3,(H,27,30). The zero-order valence-corrected chi connectivity index (χ0v) is 18.6. The topological polar surface area (TPSA) is 69.7 Å². The molecular weight excluding hydrogens is 402 g/mol. The highest BCUT2D eigenvalue weighted by molar-refractivity contribution is 6.04. The van der Waals surface area contributed by atoms with Crippen LogP contribution < -0.4 is 5.32 Å². The van der Waals surface area contributed by atoms with Gasteiger partial charge in [-0.05, 0) is 68.0 Å². The Hall–Kier alpha value is -3.15. The van der Waals surface area contributed by atoms with Crippen LogP contribution in [0.4, 0.5) is 5.69 Å². The van der Waals surface area contributed by atoms with Crippen LogP contribution in [-0.2, 0) is 4.79 Å². The number of nitrogens with one attached hydrogen (secondary N) is 1. The molecule has 3 amide bonds. The van der Waals surface area contributed by atoms with Crippen molar-refractivity contribution in [2.24, 2.45) is 11.8 Å². The van der Waals surface area contributed by atoms with Gasteiger partial charge in [0.1, 0.15) is 0 Å². The highest BCUT2D eigenvalue weighted by atomic mass is 16.2. The number of anilines is 1. The van der Waals surface area contributed by atoms with Gasteiger partial charge in [-0.25, -0.2) is 0 Å². The molecule has 0 spiro atoms. The SMILES string of the molecule is CC1CCCN(C(=O)C2CCN(C(=O)c3ccc(NC(=O)c4ccccc4)cc3)CC2)C1. The number of nitrogens with zero attached hydrogens (tertiary/aromatic N) is 2. The second-order valence-corrected chi connectivity index (χ2v) is 9.00. The highest BCUT2D eigenvalue weighted by Gasteiger charge is 2.32.